The predicted molar refractivity (Wildman–Crippen MR) is 42.7 cm³/mol. The van der Waals surface area contributed by atoms with Crippen LogP contribution in [0.4, 0.5) is 0 Å². The molecule has 0 heterocycles. The van der Waals surface area contributed by atoms with Crippen LogP contribution in [0, 0.1) is 5.41 Å². The maximum atomic E-state index is 11.3. The zero-order valence-corrected chi connectivity index (χ0v) is 7.13. The Morgan fingerprint density at radius 1 is 1.33 bits per heavy atom. The van der Waals surface area contributed by atoms with E-state index in [0.29, 0.717) is 25.5 Å². The van der Waals surface area contributed by atoms with Gasteiger partial charge in [0.05, 0.1) is 5.41 Å². The van der Waals surface area contributed by atoms with E-state index in [9.17, 15) is 14.4 Å². The summed E-state index contributed by atoms with van der Waals surface area (Å²) in [6.07, 6.45) is 1.84. The van der Waals surface area contributed by atoms with Gasteiger partial charge in [0, 0.05) is 19.3 Å². The summed E-state index contributed by atoms with van der Waals surface area (Å²) in [7, 11) is 0. The lowest BCUT2D eigenvalue weighted by Gasteiger charge is -2.20. The molecule has 0 spiro atoms. The zero-order valence-electron chi connectivity index (χ0n) is 7.13. The normalized spacial score (nSPS) is 21.4. The van der Waals surface area contributed by atoms with Gasteiger partial charge in [0.1, 0.15) is 17.9 Å². The largest absolute Gasteiger partial charge is 0.303 e. The molecule has 12 heavy (non-hydrogen) atoms. The molecule has 3 heteroatoms. The molecule has 0 atom stereocenters. The quantitative estimate of drug-likeness (QED) is 0.464. The summed E-state index contributed by atoms with van der Waals surface area (Å²) in [5, 5.41) is 0. The highest BCUT2D eigenvalue weighted by Crippen LogP contribution is 2.36. The zero-order chi connectivity index (χ0) is 9.19. The van der Waals surface area contributed by atoms with Crippen molar-refractivity contribution in [3.63, 3.8) is 0 Å². The van der Waals surface area contributed by atoms with Gasteiger partial charge in [-0.25, -0.2) is 0 Å². The number of Topliss-reactive ketones (excluding diaryl/α,β-unsaturated/α-hetero) is 2. The number of rotatable bonds is 3. The molecular weight excluding hydrogens is 156 g/mol. The summed E-state index contributed by atoms with van der Waals surface area (Å²) < 4.78 is 0. The average Bonchev–Trinajstić information content (AvgIpc) is 2.33. The van der Waals surface area contributed by atoms with Gasteiger partial charge in [-0.2, -0.15) is 0 Å². The maximum absolute atomic E-state index is 11.3. The lowest BCUT2D eigenvalue weighted by molar-refractivity contribution is -0.137. The Labute approximate surface area is 71.1 Å². The number of carbonyl (C=O) groups excluding carboxylic acids is 3. The first-order valence-electron chi connectivity index (χ1n) is 4.17. The number of ketones is 2. The minimum absolute atomic E-state index is 0.0536. The smallest absolute Gasteiger partial charge is 0.147 e. The van der Waals surface area contributed by atoms with Gasteiger partial charge in [0.25, 0.3) is 0 Å². The highest BCUT2D eigenvalue weighted by molar-refractivity contribution is 6.13. The van der Waals surface area contributed by atoms with Crippen molar-refractivity contribution in [1.29, 1.82) is 0 Å². The number of hydrogen-bond donors (Lipinski definition) is 0. The summed E-state index contributed by atoms with van der Waals surface area (Å²) in [6, 6.07) is 0. The van der Waals surface area contributed by atoms with Gasteiger partial charge in [-0.3, -0.25) is 9.59 Å². The van der Waals surface area contributed by atoms with E-state index >= 15 is 0 Å². The van der Waals surface area contributed by atoms with Gasteiger partial charge in [0.2, 0.25) is 0 Å². The van der Waals surface area contributed by atoms with Gasteiger partial charge in [0.15, 0.2) is 0 Å². The molecule has 0 unspecified atom stereocenters. The summed E-state index contributed by atoms with van der Waals surface area (Å²) >= 11 is 0. The second kappa shape index (κ2) is 3.17. The molecule has 0 aromatic heterocycles. The Morgan fingerprint density at radius 2 is 1.83 bits per heavy atom. The number of hydrogen-bond acceptors (Lipinski definition) is 3. The first-order chi connectivity index (χ1) is 5.67. The van der Waals surface area contributed by atoms with Gasteiger partial charge < -0.3 is 4.79 Å². The summed E-state index contributed by atoms with van der Waals surface area (Å²) in [5.41, 5.74) is -0.943. The second-order valence-electron chi connectivity index (χ2n) is 3.15. The molecule has 0 aromatic rings. The van der Waals surface area contributed by atoms with Crippen LogP contribution in [0.2, 0.25) is 0 Å². The Kier molecular flexibility index (Phi) is 2.40. The van der Waals surface area contributed by atoms with Crippen LogP contribution in [-0.2, 0) is 14.4 Å². The lowest BCUT2D eigenvalue weighted by Crippen LogP contribution is -2.32. The minimum Gasteiger partial charge on any atom is -0.303 e. The molecule has 0 radical (unpaired) electrons. The topological polar surface area (TPSA) is 51.2 Å². The van der Waals surface area contributed by atoms with E-state index in [2.05, 4.69) is 0 Å². The molecule has 66 valence electrons. The van der Waals surface area contributed by atoms with Crippen LogP contribution in [0.1, 0.15) is 32.6 Å². The van der Waals surface area contributed by atoms with Crippen LogP contribution < -0.4 is 0 Å². The Morgan fingerprint density at radius 3 is 2.17 bits per heavy atom. The van der Waals surface area contributed by atoms with E-state index in [1.54, 1.807) is 6.92 Å². The van der Waals surface area contributed by atoms with Crippen LogP contribution in [0.15, 0.2) is 0 Å². The maximum Gasteiger partial charge on any atom is 0.147 e. The van der Waals surface area contributed by atoms with E-state index in [0.717, 1.165) is 0 Å². The predicted octanol–water partition coefficient (Wildman–Crippen LogP) is 0.904. The highest BCUT2D eigenvalue weighted by Gasteiger charge is 2.47. The SMILES string of the molecule is CCC1(CC=O)C(=O)CCC1=O. The fourth-order valence-electron chi connectivity index (χ4n) is 1.77. The third kappa shape index (κ3) is 1.09. The fraction of sp³-hybridized carbons (Fsp3) is 0.667. The molecule has 1 rings (SSSR count). The van der Waals surface area contributed by atoms with Crippen molar-refractivity contribution < 1.29 is 14.4 Å². The molecule has 0 N–H and O–H groups in total. The monoisotopic (exact) mass is 168 g/mol. The number of carbonyl (C=O) groups is 3. The van der Waals surface area contributed by atoms with Crippen LogP contribution in [0.5, 0.6) is 0 Å². The van der Waals surface area contributed by atoms with Crippen molar-refractivity contribution in [2.24, 2.45) is 5.41 Å². The standard InChI is InChI=1S/C9H12O3/c1-2-9(5-6-10)7(11)3-4-8(9)12/h6H,2-5H2,1H3. The molecule has 0 amide bonds. The van der Waals surface area contributed by atoms with Crippen LogP contribution >= 0.6 is 0 Å². The van der Waals surface area contributed by atoms with E-state index in [4.69, 9.17) is 0 Å². The molecule has 0 aliphatic heterocycles. The molecule has 0 aromatic carbocycles. The molecule has 1 saturated carbocycles. The minimum atomic E-state index is -0.943. The third-order valence-corrected chi connectivity index (χ3v) is 2.68. The van der Waals surface area contributed by atoms with E-state index in [1.807, 2.05) is 0 Å². The molecule has 1 aliphatic carbocycles. The van der Waals surface area contributed by atoms with Crippen LogP contribution in [0.3, 0.4) is 0 Å². The van der Waals surface area contributed by atoms with Crippen molar-refractivity contribution in [1.82, 2.24) is 0 Å². The molecule has 1 fully saturated rings. The van der Waals surface area contributed by atoms with Crippen LogP contribution in [-0.4, -0.2) is 17.9 Å². The van der Waals surface area contributed by atoms with Gasteiger partial charge >= 0.3 is 0 Å². The molecular formula is C9H12O3. The van der Waals surface area contributed by atoms with Gasteiger partial charge in [-0.1, -0.05) is 6.92 Å². The van der Waals surface area contributed by atoms with Crippen molar-refractivity contribution in [3.05, 3.63) is 0 Å². The number of aldehydes is 1. The Hall–Kier alpha value is -0.990. The third-order valence-electron chi connectivity index (χ3n) is 2.68. The first-order valence-corrected chi connectivity index (χ1v) is 4.17. The molecule has 0 saturated heterocycles. The van der Waals surface area contributed by atoms with E-state index in [-0.39, 0.29) is 18.0 Å². The highest BCUT2D eigenvalue weighted by atomic mass is 16.2. The van der Waals surface area contributed by atoms with Crippen molar-refractivity contribution >= 4 is 17.9 Å². The van der Waals surface area contributed by atoms with Crippen LogP contribution in [0.25, 0.3) is 0 Å². The molecule has 0 bridgehead atoms. The fourth-order valence-corrected chi connectivity index (χ4v) is 1.77. The van der Waals surface area contributed by atoms with Crippen molar-refractivity contribution in [3.8, 4) is 0 Å². The second-order valence-corrected chi connectivity index (χ2v) is 3.15. The summed E-state index contributed by atoms with van der Waals surface area (Å²) in [5.74, 6) is -0.107. The molecule has 1 aliphatic rings. The average molecular weight is 168 g/mol. The van der Waals surface area contributed by atoms with Crippen molar-refractivity contribution in [2.45, 2.75) is 32.6 Å². The van der Waals surface area contributed by atoms with E-state index in [1.165, 1.54) is 0 Å². The van der Waals surface area contributed by atoms with E-state index < -0.39 is 5.41 Å². The lowest BCUT2D eigenvalue weighted by atomic mass is 9.79. The summed E-state index contributed by atoms with van der Waals surface area (Å²) in [6.45, 7) is 1.78. The Bertz CT molecular complexity index is 214. The summed E-state index contributed by atoms with van der Waals surface area (Å²) in [4.78, 5) is 33.0. The van der Waals surface area contributed by atoms with Gasteiger partial charge in [-0.05, 0) is 6.42 Å². The molecule has 3 nitrogen and oxygen atoms in total. The first kappa shape index (κ1) is 9.10. The van der Waals surface area contributed by atoms with Gasteiger partial charge in [-0.15, -0.1) is 0 Å². The Balaban J connectivity index is 2.95. The van der Waals surface area contributed by atoms with Crippen molar-refractivity contribution in [2.75, 3.05) is 0 Å².